The molecule has 0 aromatic carbocycles. The Balaban J connectivity index is 2.50. The molecule has 1 N–H and O–H groups in total. The lowest BCUT2D eigenvalue weighted by Gasteiger charge is -1.89. The zero-order valence-corrected chi connectivity index (χ0v) is 5.66. The molecule has 0 fully saturated rings. The number of hydrogen-bond acceptors (Lipinski definition) is 2. The minimum Gasteiger partial charge on any atom is -0.316 e. The van der Waals surface area contributed by atoms with Gasteiger partial charge in [-0.1, -0.05) is 0 Å². The Bertz CT molecular complexity index is 134. The molecular weight excluding hydrogens is 118 g/mol. The van der Waals surface area contributed by atoms with Crippen LogP contribution in [-0.4, -0.2) is 7.05 Å². The van der Waals surface area contributed by atoms with Crippen LogP contribution in [0.3, 0.4) is 0 Å². The van der Waals surface area contributed by atoms with Gasteiger partial charge in [-0.05, 0) is 29.4 Å². The average Bonchev–Trinajstić information content (AvgIpc) is 2.19. The van der Waals surface area contributed by atoms with Crippen LogP contribution in [0.5, 0.6) is 0 Å². The van der Waals surface area contributed by atoms with E-state index in [1.807, 2.05) is 7.05 Å². The molecule has 1 aromatic rings. The van der Waals surface area contributed by atoms with Gasteiger partial charge in [0.15, 0.2) is 0 Å². The van der Waals surface area contributed by atoms with Crippen molar-refractivity contribution in [2.24, 2.45) is 0 Å². The monoisotopic (exact) mass is 127 g/mol. The van der Waals surface area contributed by atoms with Crippen molar-refractivity contribution in [3.05, 3.63) is 22.4 Å². The first kappa shape index (κ1) is 5.79. The van der Waals surface area contributed by atoms with E-state index in [1.54, 1.807) is 11.3 Å². The van der Waals surface area contributed by atoms with Crippen LogP contribution < -0.4 is 5.32 Å². The second-order valence-electron chi connectivity index (χ2n) is 1.66. The molecule has 1 nitrogen and oxygen atoms in total. The molecule has 44 valence electrons. The van der Waals surface area contributed by atoms with Crippen LogP contribution in [0.15, 0.2) is 16.8 Å². The molecule has 0 spiro atoms. The Morgan fingerprint density at radius 3 is 3.12 bits per heavy atom. The SMILES string of the molecule is CNCc1ccsc1. The molecule has 0 aliphatic heterocycles. The van der Waals surface area contributed by atoms with Crippen molar-refractivity contribution in [3.8, 4) is 0 Å². The van der Waals surface area contributed by atoms with Crippen LogP contribution in [0, 0.1) is 0 Å². The van der Waals surface area contributed by atoms with Crippen LogP contribution in [0.25, 0.3) is 0 Å². The fourth-order valence-electron chi connectivity index (χ4n) is 0.597. The summed E-state index contributed by atoms with van der Waals surface area (Å²) in [5.41, 5.74) is 1.37. The lowest BCUT2D eigenvalue weighted by molar-refractivity contribution is 0.821. The topological polar surface area (TPSA) is 12.0 Å². The summed E-state index contributed by atoms with van der Waals surface area (Å²) < 4.78 is 0. The highest BCUT2D eigenvalue weighted by Gasteiger charge is 1.85. The summed E-state index contributed by atoms with van der Waals surface area (Å²) in [6.07, 6.45) is 0. The summed E-state index contributed by atoms with van der Waals surface area (Å²) >= 11 is 1.74. The quantitative estimate of drug-likeness (QED) is 0.634. The lowest BCUT2D eigenvalue weighted by atomic mass is 10.3. The Hall–Kier alpha value is -0.340. The predicted octanol–water partition coefficient (Wildman–Crippen LogP) is 1.47. The summed E-state index contributed by atoms with van der Waals surface area (Å²) in [6.45, 7) is 0.990. The van der Waals surface area contributed by atoms with Crippen LogP contribution in [0.2, 0.25) is 0 Å². The van der Waals surface area contributed by atoms with Crippen LogP contribution in [0.4, 0.5) is 0 Å². The molecule has 8 heavy (non-hydrogen) atoms. The third kappa shape index (κ3) is 1.32. The summed E-state index contributed by atoms with van der Waals surface area (Å²) in [6, 6.07) is 2.13. The fourth-order valence-corrected chi connectivity index (χ4v) is 1.27. The average molecular weight is 127 g/mol. The van der Waals surface area contributed by atoms with Crippen LogP contribution in [0.1, 0.15) is 5.56 Å². The Kier molecular flexibility index (Phi) is 2.06. The molecular formula is C6H9NS. The van der Waals surface area contributed by atoms with Gasteiger partial charge in [-0.3, -0.25) is 0 Å². The van der Waals surface area contributed by atoms with E-state index in [1.165, 1.54) is 5.56 Å². The Morgan fingerprint density at radius 1 is 1.75 bits per heavy atom. The molecule has 0 aliphatic carbocycles. The number of hydrogen-bond donors (Lipinski definition) is 1. The summed E-state index contributed by atoms with van der Waals surface area (Å²) in [7, 11) is 1.96. The molecule has 1 aromatic heterocycles. The van der Waals surface area contributed by atoms with Crippen molar-refractivity contribution >= 4 is 11.3 Å². The van der Waals surface area contributed by atoms with Gasteiger partial charge >= 0.3 is 0 Å². The van der Waals surface area contributed by atoms with Crippen molar-refractivity contribution in [3.63, 3.8) is 0 Å². The third-order valence-electron chi connectivity index (χ3n) is 0.961. The third-order valence-corrected chi connectivity index (χ3v) is 1.69. The van der Waals surface area contributed by atoms with Gasteiger partial charge in [-0.25, -0.2) is 0 Å². The second kappa shape index (κ2) is 2.84. The Labute approximate surface area is 53.4 Å². The van der Waals surface area contributed by atoms with E-state index in [0.717, 1.165) is 6.54 Å². The maximum Gasteiger partial charge on any atom is 0.0210 e. The zero-order chi connectivity index (χ0) is 5.82. The molecule has 0 amide bonds. The maximum absolute atomic E-state index is 3.08. The normalized spacial score (nSPS) is 9.62. The van der Waals surface area contributed by atoms with Crippen LogP contribution >= 0.6 is 11.3 Å². The fraction of sp³-hybridized carbons (Fsp3) is 0.333. The molecule has 0 aliphatic rings. The van der Waals surface area contributed by atoms with Crippen molar-refractivity contribution in [1.82, 2.24) is 5.32 Å². The van der Waals surface area contributed by atoms with Crippen molar-refractivity contribution in [2.45, 2.75) is 6.54 Å². The molecule has 1 heterocycles. The summed E-state index contributed by atoms with van der Waals surface area (Å²) in [5, 5.41) is 7.32. The van der Waals surface area contributed by atoms with Gasteiger partial charge in [0.1, 0.15) is 0 Å². The highest BCUT2D eigenvalue weighted by Crippen LogP contribution is 2.03. The number of rotatable bonds is 2. The van der Waals surface area contributed by atoms with E-state index < -0.39 is 0 Å². The van der Waals surface area contributed by atoms with Gasteiger partial charge in [-0.15, -0.1) is 0 Å². The minimum absolute atomic E-state index is 0.990. The molecule has 1 rings (SSSR count). The number of thiophene rings is 1. The summed E-state index contributed by atoms with van der Waals surface area (Å²) in [4.78, 5) is 0. The van der Waals surface area contributed by atoms with E-state index in [0.29, 0.717) is 0 Å². The van der Waals surface area contributed by atoms with Gasteiger partial charge in [0.25, 0.3) is 0 Å². The highest BCUT2D eigenvalue weighted by atomic mass is 32.1. The molecule has 0 saturated carbocycles. The Morgan fingerprint density at radius 2 is 2.62 bits per heavy atom. The first-order valence-corrected chi connectivity index (χ1v) is 3.53. The van der Waals surface area contributed by atoms with Crippen molar-refractivity contribution in [2.75, 3.05) is 7.05 Å². The van der Waals surface area contributed by atoms with Crippen molar-refractivity contribution < 1.29 is 0 Å². The first-order valence-electron chi connectivity index (χ1n) is 2.59. The molecule has 0 bridgehead atoms. The van der Waals surface area contributed by atoms with E-state index >= 15 is 0 Å². The predicted molar refractivity (Wildman–Crippen MR) is 37.1 cm³/mol. The van der Waals surface area contributed by atoms with Gasteiger partial charge < -0.3 is 5.32 Å². The smallest absolute Gasteiger partial charge is 0.0210 e. The second-order valence-corrected chi connectivity index (χ2v) is 2.44. The van der Waals surface area contributed by atoms with Gasteiger partial charge in [0.05, 0.1) is 0 Å². The van der Waals surface area contributed by atoms with Gasteiger partial charge in [-0.2, -0.15) is 11.3 Å². The van der Waals surface area contributed by atoms with Crippen molar-refractivity contribution in [1.29, 1.82) is 0 Å². The standard InChI is InChI=1S/C6H9NS/c1-7-4-6-2-3-8-5-6/h2-3,5,7H,4H2,1H3. The van der Waals surface area contributed by atoms with E-state index in [2.05, 4.69) is 22.1 Å². The van der Waals surface area contributed by atoms with Crippen LogP contribution in [-0.2, 0) is 6.54 Å². The molecule has 0 radical (unpaired) electrons. The molecule has 2 heteroatoms. The molecule has 0 atom stereocenters. The zero-order valence-electron chi connectivity index (χ0n) is 4.85. The van der Waals surface area contributed by atoms with E-state index in [9.17, 15) is 0 Å². The number of nitrogens with one attached hydrogen (secondary N) is 1. The van der Waals surface area contributed by atoms with E-state index in [4.69, 9.17) is 0 Å². The van der Waals surface area contributed by atoms with Gasteiger partial charge in [0.2, 0.25) is 0 Å². The lowest BCUT2D eigenvalue weighted by Crippen LogP contribution is -2.03. The summed E-state index contributed by atoms with van der Waals surface area (Å²) in [5.74, 6) is 0. The minimum atomic E-state index is 0.990. The molecule has 0 saturated heterocycles. The maximum atomic E-state index is 3.08. The first-order chi connectivity index (χ1) is 3.93. The highest BCUT2D eigenvalue weighted by molar-refractivity contribution is 7.07. The molecule has 0 unspecified atom stereocenters. The van der Waals surface area contributed by atoms with E-state index in [-0.39, 0.29) is 0 Å². The van der Waals surface area contributed by atoms with Gasteiger partial charge in [0, 0.05) is 6.54 Å². The largest absolute Gasteiger partial charge is 0.316 e.